The molecule has 1 unspecified atom stereocenters. The molecule has 19 heavy (non-hydrogen) atoms. The predicted octanol–water partition coefficient (Wildman–Crippen LogP) is 3.48. The molecule has 0 aliphatic carbocycles. The van der Waals surface area contributed by atoms with Crippen LogP contribution in [0.3, 0.4) is 0 Å². The molecule has 2 N–H and O–H groups in total. The van der Waals surface area contributed by atoms with Gasteiger partial charge in [-0.05, 0) is 43.5 Å². The fraction of sp³-hybridized carbons (Fsp3) is 0.467. The van der Waals surface area contributed by atoms with Crippen molar-refractivity contribution in [2.24, 2.45) is 0 Å². The van der Waals surface area contributed by atoms with Crippen molar-refractivity contribution in [3.05, 3.63) is 35.0 Å². The quantitative estimate of drug-likeness (QED) is 0.822. The summed E-state index contributed by atoms with van der Waals surface area (Å²) in [7, 11) is 0. The minimum atomic E-state index is 0.467. The number of rotatable bonds is 5. The van der Waals surface area contributed by atoms with Gasteiger partial charge in [0.25, 0.3) is 0 Å². The fourth-order valence-electron chi connectivity index (χ4n) is 2.66. The average molecular weight is 279 g/mol. The highest BCUT2D eigenvalue weighted by molar-refractivity contribution is 6.31. The maximum absolute atomic E-state index is 5.98. The highest BCUT2D eigenvalue weighted by atomic mass is 35.5. The minimum Gasteiger partial charge on any atom is -0.378 e. The summed E-state index contributed by atoms with van der Waals surface area (Å²) in [5, 5.41) is 5.50. The van der Waals surface area contributed by atoms with Crippen molar-refractivity contribution >= 4 is 22.5 Å². The summed E-state index contributed by atoms with van der Waals surface area (Å²) >= 11 is 5.98. The van der Waals surface area contributed by atoms with E-state index in [1.807, 2.05) is 12.1 Å². The number of halogens is 1. The molecule has 0 bridgehead atoms. The number of nitrogens with one attached hydrogen (secondary N) is 2. The van der Waals surface area contributed by atoms with Crippen LogP contribution in [0, 0.1) is 0 Å². The van der Waals surface area contributed by atoms with Gasteiger partial charge in [-0.2, -0.15) is 0 Å². The van der Waals surface area contributed by atoms with E-state index in [-0.39, 0.29) is 0 Å². The van der Waals surface area contributed by atoms with Crippen molar-refractivity contribution in [3.63, 3.8) is 0 Å². The Morgan fingerprint density at radius 2 is 2.37 bits per heavy atom. The van der Waals surface area contributed by atoms with Crippen LogP contribution in [0.25, 0.3) is 10.9 Å². The molecular formula is C15H19ClN2O. The topological polar surface area (TPSA) is 37.0 Å². The average Bonchev–Trinajstić information content (AvgIpc) is 3.03. The largest absolute Gasteiger partial charge is 0.378 e. The smallest absolute Gasteiger partial charge is 0.0588 e. The molecule has 3 nitrogen and oxygen atoms in total. The second-order valence-electron chi connectivity index (χ2n) is 5.10. The first-order chi connectivity index (χ1) is 9.33. The Morgan fingerprint density at radius 1 is 1.42 bits per heavy atom. The Bertz CT molecular complexity index is 546. The third-order valence-electron chi connectivity index (χ3n) is 3.71. The Morgan fingerprint density at radius 3 is 3.21 bits per heavy atom. The zero-order chi connectivity index (χ0) is 13.1. The van der Waals surface area contributed by atoms with Gasteiger partial charge in [-0.25, -0.2) is 0 Å². The third-order valence-corrected chi connectivity index (χ3v) is 3.95. The molecule has 3 rings (SSSR count). The van der Waals surface area contributed by atoms with Crippen LogP contribution in [0.4, 0.5) is 0 Å². The van der Waals surface area contributed by atoms with Crippen LogP contribution in [-0.2, 0) is 11.3 Å². The second-order valence-corrected chi connectivity index (χ2v) is 5.54. The van der Waals surface area contributed by atoms with Gasteiger partial charge in [0, 0.05) is 35.3 Å². The Labute approximate surface area is 118 Å². The van der Waals surface area contributed by atoms with Crippen molar-refractivity contribution in [2.45, 2.75) is 31.9 Å². The molecule has 1 fully saturated rings. The van der Waals surface area contributed by atoms with E-state index in [4.69, 9.17) is 16.3 Å². The monoisotopic (exact) mass is 278 g/mol. The highest BCUT2D eigenvalue weighted by Gasteiger charge is 2.14. The highest BCUT2D eigenvalue weighted by Crippen LogP contribution is 2.22. The van der Waals surface area contributed by atoms with Crippen molar-refractivity contribution in [2.75, 3.05) is 13.2 Å². The number of aromatic amines is 1. The molecule has 1 saturated heterocycles. The maximum atomic E-state index is 5.98. The van der Waals surface area contributed by atoms with Crippen molar-refractivity contribution in [1.29, 1.82) is 0 Å². The van der Waals surface area contributed by atoms with Crippen molar-refractivity contribution in [1.82, 2.24) is 10.3 Å². The Hall–Kier alpha value is -1.03. The lowest BCUT2D eigenvalue weighted by molar-refractivity contribution is 0.104. The van der Waals surface area contributed by atoms with Crippen LogP contribution in [0.1, 0.15) is 24.8 Å². The van der Waals surface area contributed by atoms with Crippen LogP contribution < -0.4 is 5.32 Å². The van der Waals surface area contributed by atoms with Gasteiger partial charge in [-0.1, -0.05) is 17.7 Å². The van der Waals surface area contributed by atoms with Crippen molar-refractivity contribution in [3.8, 4) is 0 Å². The molecule has 1 atom stereocenters. The lowest BCUT2D eigenvalue weighted by Gasteiger charge is -2.09. The Balaban J connectivity index is 1.53. The van der Waals surface area contributed by atoms with Gasteiger partial charge < -0.3 is 15.0 Å². The second kappa shape index (κ2) is 5.95. The summed E-state index contributed by atoms with van der Waals surface area (Å²) < 4.78 is 5.61. The van der Waals surface area contributed by atoms with Gasteiger partial charge in [0.05, 0.1) is 6.10 Å². The number of benzene rings is 1. The van der Waals surface area contributed by atoms with Gasteiger partial charge in [-0.15, -0.1) is 0 Å². The molecule has 0 saturated carbocycles. The third kappa shape index (κ3) is 3.11. The summed E-state index contributed by atoms with van der Waals surface area (Å²) in [6, 6.07) is 5.98. The summed E-state index contributed by atoms with van der Waals surface area (Å²) in [4.78, 5) is 3.26. The Kier molecular flexibility index (Phi) is 4.06. The molecule has 1 aliphatic rings. The van der Waals surface area contributed by atoms with Crippen LogP contribution in [-0.4, -0.2) is 24.2 Å². The lowest BCUT2D eigenvalue weighted by atomic mass is 10.1. The molecule has 0 radical (unpaired) electrons. The molecule has 2 aromatic rings. The van der Waals surface area contributed by atoms with Crippen LogP contribution in [0.15, 0.2) is 24.4 Å². The number of fused-ring (bicyclic) bond motifs is 1. The van der Waals surface area contributed by atoms with Crippen LogP contribution in [0.2, 0.25) is 5.02 Å². The predicted molar refractivity (Wildman–Crippen MR) is 78.6 cm³/mol. The number of aromatic nitrogens is 1. The van der Waals surface area contributed by atoms with E-state index in [9.17, 15) is 0 Å². The maximum Gasteiger partial charge on any atom is 0.0588 e. The zero-order valence-corrected chi connectivity index (χ0v) is 11.7. The van der Waals surface area contributed by atoms with E-state index in [1.54, 1.807) is 0 Å². The van der Waals surface area contributed by atoms with Gasteiger partial charge in [0.2, 0.25) is 0 Å². The molecule has 1 aromatic carbocycles. The van der Waals surface area contributed by atoms with E-state index < -0.39 is 0 Å². The van der Waals surface area contributed by atoms with Gasteiger partial charge in [0.15, 0.2) is 0 Å². The van der Waals surface area contributed by atoms with Crippen molar-refractivity contribution < 1.29 is 4.74 Å². The molecule has 0 spiro atoms. The standard InChI is InChI=1S/C15H19ClN2O/c16-12-3-4-14-11(10-18-15(14)8-12)9-17-6-5-13-2-1-7-19-13/h3-4,8,10,13,17-18H,1-2,5-7,9H2. The summed E-state index contributed by atoms with van der Waals surface area (Å²) in [5.74, 6) is 0. The summed E-state index contributed by atoms with van der Waals surface area (Å²) in [6.45, 7) is 2.83. The summed E-state index contributed by atoms with van der Waals surface area (Å²) in [5.41, 5.74) is 2.39. The molecule has 2 heterocycles. The summed E-state index contributed by atoms with van der Waals surface area (Å²) in [6.07, 6.45) is 6.06. The number of hydrogen-bond donors (Lipinski definition) is 2. The number of ether oxygens (including phenoxy) is 1. The fourth-order valence-corrected chi connectivity index (χ4v) is 2.83. The number of hydrogen-bond acceptors (Lipinski definition) is 2. The number of H-pyrrole nitrogens is 1. The normalized spacial score (nSPS) is 19.3. The van der Waals surface area contributed by atoms with E-state index in [0.717, 1.165) is 36.7 Å². The molecule has 0 amide bonds. The molecule has 1 aliphatic heterocycles. The van der Waals surface area contributed by atoms with Gasteiger partial charge in [-0.3, -0.25) is 0 Å². The molecule has 102 valence electrons. The first kappa shape index (κ1) is 13.0. The zero-order valence-electron chi connectivity index (χ0n) is 10.9. The molecule has 4 heteroatoms. The van der Waals surface area contributed by atoms with Gasteiger partial charge in [0.1, 0.15) is 0 Å². The van der Waals surface area contributed by atoms with E-state index in [0.29, 0.717) is 6.10 Å². The molecular weight excluding hydrogens is 260 g/mol. The molecule has 1 aromatic heterocycles. The van der Waals surface area contributed by atoms with E-state index in [2.05, 4.69) is 22.6 Å². The first-order valence-corrected chi connectivity index (χ1v) is 7.28. The van der Waals surface area contributed by atoms with Crippen LogP contribution >= 0.6 is 11.6 Å². The van der Waals surface area contributed by atoms with E-state index >= 15 is 0 Å². The first-order valence-electron chi connectivity index (χ1n) is 6.91. The minimum absolute atomic E-state index is 0.467. The van der Waals surface area contributed by atoms with Gasteiger partial charge >= 0.3 is 0 Å². The van der Waals surface area contributed by atoms with Crippen LogP contribution in [0.5, 0.6) is 0 Å². The van der Waals surface area contributed by atoms with E-state index in [1.165, 1.54) is 23.8 Å². The SMILES string of the molecule is Clc1ccc2c(CNCCC3CCCO3)c[nH]c2c1. The lowest BCUT2D eigenvalue weighted by Crippen LogP contribution is -2.19.